The number of benzene rings is 2. The number of aryl methyl sites for hydroxylation is 1. The van der Waals surface area contributed by atoms with Crippen molar-refractivity contribution < 1.29 is 19.1 Å². The molecule has 0 aliphatic rings. The van der Waals surface area contributed by atoms with Crippen LogP contribution in [-0.2, 0) is 9.53 Å². The van der Waals surface area contributed by atoms with Gasteiger partial charge >= 0.3 is 5.97 Å². The topological polar surface area (TPSA) is 64.6 Å². The molecule has 0 heterocycles. The fourth-order valence-electron chi connectivity index (χ4n) is 2.06. The highest BCUT2D eigenvalue weighted by Crippen LogP contribution is 2.23. The van der Waals surface area contributed by atoms with Crippen LogP contribution in [0, 0.1) is 6.92 Å². The highest BCUT2D eigenvalue weighted by molar-refractivity contribution is 5.98. The third kappa shape index (κ3) is 4.10. The Kier molecular flexibility index (Phi) is 5.36. The van der Waals surface area contributed by atoms with E-state index in [0.29, 0.717) is 17.0 Å². The SMILES string of the molecule is COc1ccccc1NC(=O)C(C)OC(=O)c1ccccc1C. The predicted molar refractivity (Wildman–Crippen MR) is 87.7 cm³/mol. The fraction of sp³-hybridized carbons (Fsp3) is 0.222. The zero-order chi connectivity index (χ0) is 16.8. The molecule has 5 heteroatoms. The Labute approximate surface area is 135 Å². The van der Waals surface area contributed by atoms with Crippen LogP contribution >= 0.6 is 0 Å². The molecule has 0 fully saturated rings. The first-order chi connectivity index (χ1) is 11.0. The first-order valence-corrected chi connectivity index (χ1v) is 7.23. The molecule has 1 unspecified atom stereocenters. The van der Waals surface area contributed by atoms with E-state index in [0.717, 1.165) is 5.56 Å². The summed E-state index contributed by atoms with van der Waals surface area (Å²) in [4.78, 5) is 24.3. The molecule has 1 N–H and O–H groups in total. The lowest BCUT2D eigenvalue weighted by Crippen LogP contribution is -2.30. The molecule has 2 rings (SSSR count). The molecule has 2 aromatic carbocycles. The smallest absolute Gasteiger partial charge is 0.339 e. The van der Waals surface area contributed by atoms with Gasteiger partial charge in [0.2, 0.25) is 0 Å². The minimum absolute atomic E-state index is 0.420. The number of hydrogen-bond acceptors (Lipinski definition) is 4. The fourth-order valence-corrected chi connectivity index (χ4v) is 2.06. The Morgan fingerprint density at radius 1 is 1.04 bits per heavy atom. The van der Waals surface area contributed by atoms with Gasteiger partial charge in [-0.25, -0.2) is 4.79 Å². The standard InChI is InChI=1S/C18H19NO4/c1-12-8-4-5-9-14(12)18(21)23-13(2)17(20)19-15-10-6-7-11-16(15)22-3/h4-11,13H,1-3H3,(H,19,20). The van der Waals surface area contributed by atoms with E-state index < -0.39 is 18.0 Å². The van der Waals surface area contributed by atoms with E-state index in [-0.39, 0.29) is 0 Å². The molecule has 120 valence electrons. The third-order valence-electron chi connectivity index (χ3n) is 3.38. The minimum Gasteiger partial charge on any atom is -0.495 e. The van der Waals surface area contributed by atoms with Gasteiger partial charge < -0.3 is 14.8 Å². The Morgan fingerprint density at radius 3 is 2.39 bits per heavy atom. The zero-order valence-corrected chi connectivity index (χ0v) is 13.3. The van der Waals surface area contributed by atoms with Gasteiger partial charge in [0.1, 0.15) is 5.75 Å². The molecule has 1 atom stereocenters. The molecule has 0 bridgehead atoms. The van der Waals surface area contributed by atoms with Crippen molar-refractivity contribution in [3.63, 3.8) is 0 Å². The van der Waals surface area contributed by atoms with Crippen LogP contribution in [0.5, 0.6) is 5.75 Å². The normalized spacial score (nSPS) is 11.4. The van der Waals surface area contributed by atoms with Crippen LogP contribution in [0.3, 0.4) is 0 Å². The van der Waals surface area contributed by atoms with Gasteiger partial charge in [-0.1, -0.05) is 30.3 Å². The maximum atomic E-state index is 12.2. The minimum atomic E-state index is -0.924. The van der Waals surface area contributed by atoms with E-state index in [9.17, 15) is 9.59 Å². The molecule has 0 radical (unpaired) electrons. The van der Waals surface area contributed by atoms with Crippen molar-refractivity contribution >= 4 is 17.6 Å². The van der Waals surface area contributed by atoms with Crippen LogP contribution in [0.25, 0.3) is 0 Å². The number of nitrogens with one attached hydrogen (secondary N) is 1. The van der Waals surface area contributed by atoms with Crippen molar-refractivity contribution in [1.82, 2.24) is 0 Å². The van der Waals surface area contributed by atoms with E-state index in [1.54, 1.807) is 36.4 Å². The molecule has 2 aromatic rings. The number of hydrogen-bond donors (Lipinski definition) is 1. The second kappa shape index (κ2) is 7.45. The lowest BCUT2D eigenvalue weighted by molar-refractivity contribution is -0.123. The van der Waals surface area contributed by atoms with Gasteiger partial charge in [0, 0.05) is 0 Å². The number of carbonyl (C=O) groups excluding carboxylic acids is 2. The molecule has 0 aliphatic heterocycles. The average Bonchev–Trinajstić information content (AvgIpc) is 2.55. The number of anilines is 1. The summed E-state index contributed by atoms with van der Waals surface area (Å²) in [7, 11) is 1.52. The molecule has 0 aliphatic carbocycles. The summed E-state index contributed by atoms with van der Waals surface area (Å²) in [6.45, 7) is 3.34. The molecule has 1 amide bonds. The van der Waals surface area contributed by atoms with Gasteiger partial charge in [-0.15, -0.1) is 0 Å². The number of methoxy groups -OCH3 is 1. The first-order valence-electron chi connectivity index (χ1n) is 7.23. The van der Waals surface area contributed by atoms with Crippen LogP contribution in [0.15, 0.2) is 48.5 Å². The van der Waals surface area contributed by atoms with Crippen molar-refractivity contribution in [3.8, 4) is 5.75 Å². The van der Waals surface area contributed by atoms with Crippen molar-refractivity contribution in [3.05, 3.63) is 59.7 Å². The molecular weight excluding hydrogens is 294 g/mol. The maximum Gasteiger partial charge on any atom is 0.339 e. The summed E-state index contributed by atoms with van der Waals surface area (Å²) in [6, 6.07) is 14.1. The van der Waals surface area contributed by atoms with Gasteiger partial charge in [-0.2, -0.15) is 0 Å². The Morgan fingerprint density at radius 2 is 1.70 bits per heavy atom. The number of rotatable bonds is 5. The summed E-state index contributed by atoms with van der Waals surface area (Å²) in [5, 5.41) is 2.69. The van der Waals surface area contributed by atoms with Crippen molar-refractivity contribution in [2.45, 2.75) is 20.0 Å². The van der Waals surface area contributed by atoms with Crippen LogP contribution in [-0.4, -0.2) is 25.1 Å². The van der Waals surface area contributed by atoms with Crippen LogP contribution in [0.2, 0.25) is 0 Å². The van der Waals surface area contributed by atoms with Gasteiger partial charge in [0.25, 0.3) is 5.91 Å². The third-order valence-corrected chi connectivity index (χ3v) is 3.38. The summed E-state index contributed by atoms with van der Waals surface area (Å²) < 4.78 is 10.4. The quantitative estimate of drug-likeness (QED) is 0.861. The van der Waals surface area contributed by atoms with E-state index in [4.69, 9.17) is 9.47 Å². The Balaban J connectivity index is 2.03. The Bertz CT molecular complexity index is 712. The van der Waals surface area contributed by atoms with Gasteiger partial charge in [0.05, 0.1) is 18.4 Å². The van der Waals surface area contributed by atoms with Crippen molar-refractivity contribution in [1.29, 1.82) is 0 Å². The van der Waals surface area contributed by atoms with E-state index in [1.807, 2.05) is 19.1 Å². The highest BCUT2D eigenvalue weighted by atomic mass is 16.5. The molecule has 0 saturated heterocycles. The van der Waals surface area contributed by atoms with Gasteiger partial charge in [-0.05, 0) is 37.6 Å². The second-order valence-electron chi connectivity index (χ2n) is 5.05. The highest BCUT2D eigenvalue weighted by Gasteiger charge is 2.20. The van der Waals surface area contributed by atoms with E-state index in [2.05, 4.69) is 5.32 Å². The zero-order valence-electron chi connectivity index (χ0n) is 13.3. The molecule has 0 saturated carbocycles. The number of amides is 1. The summed E-state index contributed by atoms with van der Waals surface area (Å²) in [5.41, 5.74) is 1.78. The number of para-hydroxylation sites is 2. The predicted octanol–water partition coefficient (Wildman–Crippen LogP) is 3.19. The summed E-state index contributed by atoms with van der Waals surface area (Å²) in [5.74, 6) is -0.402. The van der Waals surface area contributed by atoms with Gasteiger partial charge in [-0.3, -0.25) is 4.79 Å². The summed E-state index contributed by atoms with van der Waals surface area (Å²) >= 11 is 0. The van der Waals surface area contributed by atoms with E-state index >= 15 is 0 Å². The lowest BCUT2D eigenvalue weighted by Gasteiger charge is -2.15. The molecule has 0 aromatic heterocycles. The number of esters is 1. The largest absolute Gasteiger partial charge is 0.495 e. The van der Waals surface area contributed by atoms with Crippen LogP contribution in [0.4, 0.5) is 5.69 Å². The first kappa shape index (κ1) is 16.5. The second-order valence-corrected chi connectivity index (χ2v) is 5.05. The number of ether oxygens (including phenoxy) is 2. The van der Waals surface area contributed by atoms with Crippen molar-refractivity contribution in [2.24, 2.45) is 0 Å². The maximum absolute atomic E-state index is 12.2. The van der Waals surface area contributed by atoms with Crippen LogP contribution in [0.1, 0.15) is 22.8 Å². The van der Waals surface area contributed by atoms with Crippen LogP contribution < -0.4 is 10.1 Å². The average molecular weight is 313 g/mol. The molecule has 23 heavy (non-hydrogen) atoms. The molecule has 5 nitrogen and oxygen atoms in total. The number of carbonyl (C=O) groups is 2. The van der Waals surface area contributed by atoms with Gasteiger partial charge in [0.15, 0.2) is 6.10 Å². The Hall–Kier alpha value is -2.82. The lowest BCUT2D eigenvalue weighted by atomic mass is 10.1. The monoisotopic (exact) mass is 313 g/mol. The van der Waals surface area contributed by atoms with Crippen molar-refractivity contribution in [2.75, 3.05) is 12.4 Å². The molecule has 0 spiro atoms. The van der Waals surface area contributed by atoms with E-state index in [1.165, 1.54) is 14.0 Å². The molecular formula is C18H19NO4. The summed E-state index contributed by atoms with van der Waals surface area (Å²) in [6.07, 6.45) is -0.924.